The molecule has 1 aromatic carbocycles. The first-order chi connectivity index (χ1) is 9.24. The van der Waals surface area contributed by atoms with Crippen molar-refractivity contribution in [2.45, 2.75) is 44.4 Å². The second-order valence-electron chi connectivity index (χ2n) is 5.15. The largest absolute Gasteiger partial charge is 0.341 e. The van der Waals surface area contributed by atoms with E-state index in [9.17, 15) is 4.79 Å². The lowest BCUT2D eigenvalue weighted by Crippen LogP contribution is -2.34. The summed E-state index contributed by atoms with van der Waals surface area (Å²) >= 11 is 6.44. The van der Waals surface area contributed by atoms with Crippen LogP contribution >= 0.6 is 11.6 Å². The van der Waals surface area contributed by atoms with E-state index >= 15 is 0 Å². The summed E-state index contributed by atoms with van der Waals surface area (Å²) in [6.45, 7) is 3.81. The molecule has 0 aromatic heterocycles. The minimum atomic E-state index is -0.533. The zero-order chi connectivity index (χ0) is 13.7. The van der Waals surface area contributed by atoms with Crippen LogP contribution in [0.15, 0.2) is 24.3 Å². The highest BCUT2D eigenvalue weighted by molar-refractivity contribution is 6.30. The molecule has 1 aliphatic heterocycles. The van der Waals surface area contributed by atoms with Crippen LogP contribution in [0.4, 0.5) is 0 Å². The summed E-state index contributed by atoms with van der Waals surface area (Å²) in [5.41, 5.74) is 2.14. The number of aryl methyl sites for hydroxylation is 1. The Morgan fingerprint density at radius 3 is 2.47 bits per heavy atom. The first kappa shape index (κ1) is 14.4. The van der Waals surface area contributed by atoms with Crippen LogP contribution in [0.1, 0.15) is 49.1 Å². The minimum absolute atomic E-state index is 0.0736. The van der Waals surface area contributed by atoms with Crippen LogP contribution < -0.4 is 0 Å². The lowest BCUT2D eigenvalue weighted by Gasteiger charge is -2.24. The summed E-state index contributed by atoms with van der Waals surface area (Å²) < 4.78 is 0. The first-order valence-electron chi connectivity index (χ1n) is 7.24. The van der Waals surface area contributed by atoms with E-state index in [2.05, 4.69) is 13.0 Å². The molecule has 1 saturated heterocycles. The predicted molar refractivity (Wildman–Crippen MR) is 79.5 cm³/mol. The molecule has 0 spiro atoms. The Kier molecular flexibility index (Phi) is 5.26. The maximum atomic E-state index is 12.5. The third-order valence-electron chi connectivity index (χ3n) is 3.84. The summed E-state index contributed by atoms with van der Waals surface area (Å²) in [4.78, 5) is 14.5. The fourth-order valence-corrected chi connectivity index (χ4v) is 3.04. The quantitative estimate of drug-likeness (QED) is 0.768. The Bertz CT molecular complexity index is 425. The van der Waals surface area contributed by atoms with Crippen molar-refractivity contribution in [1.29, 1.82) is 0 Å². The zero-order valence-electron chi connectivity index (χ0n) is 11.6. The van der Waals surface area contributed by atoms with Gasteiger partial charge in [0.15, 0.2) is 0 Å². The third kappa shape index (κ3) is 3.50. The molecule has 1 aromatic rings. The SMILES string of the molecule is CCc1ccccc1C(Cl)C(=O)N1CCCCCC1. The highest BCUT2D eigenvalue weighted by Gasteiger charge is 2.25. The van der Waals surface area contributed by atoms with Gasteiger partial charge in [-0.1, -0.05) is 44.0 Å². The summed E-state index contributed by atoms with van der Waals surface area (Å²) in [6, 6.07) is 7.99. The van der Waals surface area contributed by atoms with Crippen LogP contribution in [-0.2, 0) is 11.2 Å². The van der Waals surface area contributed by atoms with Gasteiger partial charge >= 0.3 is 0 Å². The molecule has 0 aliphatic carbocycles. The Morgan fingerprint density at radius 2 is 1.84 bits per heavy atom. The van der Waals surface area contributed by atoms with E-state index in [-0.39, 0.29) is 5.91 Å². The van der Waals surface area contributed by atoms with Crippen molar-refractivity contribution in [3.8, 4) is 0 Å². The number of alkyl halides is 1. The number of halogens is 1. The Hall–Kier alpha value is -1.02. The normalized spacial score (nSPS) is 17.9. The summed E-state index contributed by atoms with van der Waals surface area (Å²) in [7, 11) is 0. The van der Waals surface area contributed by atoms with Gasteiger partial charge in [-0.25, -0.2) is 0 Å². The molecule has 19 heavy (non-hydrogen) atoms. The fraction of sp³-hybridized carbons (Fsp3) is 0.562. The molecule has 2 nitrogen and oxygen atoms in total. The third-order valence-corrected chi connectivity index (χ3v) is 4.27. The average molecular weight is 280 g/mol. The Morgan fingerprint density at radius 1 is 1.21 bits per heavy atom. The fourth-order valence-electron chi connectivity index (χ4n) is 2.69. The molecule has 0 N–H and O–H groups in total. The first-order valence-corrected chi connectivity index (χ1v) is 7.68. The van der Waals surface area contributed by atoms with Crippen molar-refractivity contribution >= 4 is 17.5 Å². The van der Waals surface area contributed by atoms with Crippen molar-refractivity contribution in [3.63, 3.8) is 0 Å². The van der Waals surface area contributed by atoms with E-state index in [1.165, 1.54) is 18.4 Å². The van der Waals surface area contributed by atoms with Gasteiger partial charge in [0.05, 0.1) is 0 Å². The highest BCUT2D eigenvalue weighted by Crippen LogP contribution is 2.27. The number of carbonyl (C=O) groups excluding carboxylic acids is 1. The van der Waals surface area contributed by atoms with Gasteiger partial charge in [0.25, 0.3) is 0 Å². The number of rotatable bonds is 3. The van der Waals surface area contributed by atoms with E-state index in [0.29, 0.717) is 0 Å². The van der Waals surface area contributed by atoms with Crippen LogP contribution in [0.2, 0.25) is 0 Å². The van der Waals surface area contributed by atoms with Gasteiger partial charge < -0.3 is 4.90 Å². The van der Waals surface area contributed by atoms with Gasteiger partial charge in [0.1, 0.15) is 5.38 Å². The topological polar surface area (TPSA) is 20.3 Å². The molecule has 1 aliphatic rings. The molecule has 104 valence electrons. The van der Waals surface area contributed by atoms with Gasteiger partial charge in [0, 0.05) is 13.1 Å². The number of hydrogen-bond acceptors (Lipinski definition) is 1. The van der Waals surface area contributed by atoms with E-state index in [0.717, 1.165) is 37.9 Å². The standard InChI is InChI=1S/C16H22ClNO/c1-2-13-9-5-6-10-14(13)15(17)16(19)18-11-7-3-4-8-12-18/h5-6,9-10,15H,2-4,7-8,11-12H2,1H3. The molecule has 1 heterocycles. The van der Waals surface area contributed by atoms with Crippen LogP contribution in [0.5, 0.6) is 0 Å². The van der Waals surface area contributed by atoms with Gasteiger partial charge in [-0.15, -0.1) is 11.6 Å². The van der Waals surface area contributed by atoms with Crippen molar-refractivity contribution in [2.24, 2.45) is 0 Å². The van der Waals surface area contributed by atoms with Crippen molar-refractivity contribution < 1.29 is 4.79 Å². The molecule has 2 rings (SSSR count). The average Bonchev–Trinajstić information content (AvgIpc) is 2.74. The summed E-state index contributed by atoms with van der Waals surface area (Å²) in [5, 5.41) is -0.533. The second kappa shape index (κ2) is 6.95. The smallest absolute Gasteiger partial charge is 0.245 e. The number of likely N-dealkylation sites (tertiary alicyclic amines) is 1. The molecule has 3 heteroatoms. The summed E-state index contributed by atoms with van der Waals surface area (Å²) in [6.07, 6.45) is 5.56. The van der Waals surface area contributed by atoms with Gasteiger partial charge in [-0.05, 0) is 30.4 Å². The number of amides is 1. The van der Waals surface area contributed by atoms with Gasteiger partial charge in [0.2, 0.25) is 5.91 Å². The van der Waals surface area contributed by atoms with Crippen LogP contribution in [0.25, 0.3) is 0 Å². The van der Waals surface area contributed by atoms with Crippen LogP contribution in [-0.4, -0.2) is 23.9 Å². The number of benzene rings is 1. The van der Waals surface area contributed by atoms with Crippen molar-refractivity contribution in [3.05, 3.63) is 35.4 Å². The van der Waals surface area contributed by atoms with Crippen LogP contribution in [0, 0.1) is 0 Å². The lowest BCUT2D eigenvalue weighted by atomic mass is 10.0. The molecule has 0 radical (unpaired) electrons. The molecule has 1 atom stereocenters. The molecular weight excluding hydrogens is 258 g/mol. The number of carbonyl (C=O) groups is 1. The highest BCUT2D eigenvalue weighted by atomic mass is 35.5. The van der Waals surface area contributed by atoms with Gasteiger partial charge in [-0.3, -0.25) is 4.79 Å². The Balaban J connectivity index is 2.13. The zero-order valence-corrected chi connectivity index (χ0v) is 12.3. The van der Waals surface area contributed by atoms with Crippen molar-refractivity contribution in [2.75, 3.05) is 13.1 Å². The molecule has 0 bridgehead atoms. The lowest BCUT2D eigenvalue weighted by molar-refractivity contribution is -0.130. The number of hydrogen-bond donors (Lipinski definition) is 0. The molecule has 0 saturated carbocycles. The predicted octanol–water partition coefficient (Wildman–Crippen LogP) is 3.93. The van der Waals surface area contributed by atoms with E-state index in [4.69, 9.17) is 11.6 Å². The second-order valence-corrected chi connectivity index (χ2v) is 5.59. The van der Waals surface area contributed by atoms with Crippen LogP contribution in [0.3, 0.4) is 0 Å². The maximum absolute atomic E-state index is 12.5. The van der Waals surface area contributed by atoms with E-state index in [1.54, 1.807) is 0 Å². The number of nitrogens with zero attached hydrogens (tertiary/aromatic N) is 1. The van der Waals surface area contributed by atoms with E-state index < -0.39 is 5.38 Å². The molecular formula is C16H22ClNO. The monoisotopic (exact) mass is 279 g/mol. The van der Waals surface area contributed by atoms with E-state index in [1.807, 2.05) is 23.1 Å². The molecule has 1 unspecified atom stereocenters. The Labute approximate surface area is 120 Å². The summed E-state index contributed by atoms with van der Waals surface area (Å²) in [5.74, 6) is 0.0736. The van der Waals surface area contributed by atoms with Gasteiger partial charge in [-0.2, -0.15) is 0 Å². The minimum Gasteiger partial charge on any atom is -0.341 e. The molecule has 1 amide bonds. The van der Waals surface area contributed by atoms with Crippen molar-refractivity contribution in [1.82, 2.24) is 4.90 Å². The molecule has 1 fully saturated rings. The maximum Gasteiger partial charge on any atom is 0.245 e.